The molecule has 3 aromatic heterocycles. The van der Waals surface area contributed by atoms with E-state index in [9.17, 15) is 9.59 Å². The molecular formula is C24H20N6O2. The third-order valence-corrected chi connectivity index (χ3v) is 5.60. The van der Waals surface area contributed by atoms with Gasteiger partial charge >= 0.3 is 0 Å². The number of aromatic amines is 1. The molecule has 1 saturated heterocycles. The van der Waals surface area contributed by atoms with Crippen LogP contribution in [-0.4, -0.2) is 44.7 Å². The van der Waals surface area contributed by atoms with Crippen LogP contribution in [0.1, 0.15) is 10.4 Å². The number of hydrogen-bond acceptors (Lipinski definition) is 6. The number of ketones is 1. The van der Waals surface area contributed by atoms with Crippen LogP contribution in [0.4, 0.5) is 11.6 Å². The Hall–Kier alpha value is -4.33. The third-order valence-electron chi connectivity index (χ3n) is 5.60. The molecule has 1 aromatic carbocycles. The normalized spacial score (nSPS) is 13.6. The third kappa shape index (κ3) is 3.51. The first-order valence-electron chi connectivity index (χ1n) is 10.2. The standard InChI is InChI=1S/C24H20N6O2/c1-2-19(31)17-12-30(13-17)23-21-18(11-26-22(21)27-14-28-23)15-6-8-16(9-7-15)24(32)29-20-5-3-4-10-25-20/h2-11,14,17H,1,12-13H2,(H,25,29,32)(H,26,27,28). The molecule has 1 aliphatic heterocycles. The Kier molecular flexibility index (Phi) is 4.95. The van der Waals surface area contributed by atoms with E-state index < -0.39 is 0 Å². The summed E-state index contributed by atoms with van der Waals surface area (Å²) in [6.07, 6.45) is 6.41. The summed E-state index contributed by atoms with van der Waals surface area (Å²) in [6, 6.07) is 12.7. The predicted molar refractivity (Wildman–Crippen MR) is 122 cm³/mol. The number of fused-ring (bicyclic) bond motifs is 1. The van der Waals surface area contributed by atoms with Gasteiger partial charge in [0.15, 0.2) is 5.78 Å². The maximum Gasteiger partial charge on any atom is 0.256 e. The number of aromatic nitrogens is 4. The lowest BCUT2D eigenvalue weighted by Crippen LogP contribution is -2.50. The van der Waals surface area contributed by atoms with E-state index in [4.69, 9.17) is 0 Å². The zero-order chi connectivity index (χ0) is 22.1. The lowest BCUT2D eigenvalue weighted by atomic mass is 9.94. The van der Waals surface area contributed by atoms with E-state index in [2.05, 4.69) is 36.7 Å². The molecule has 1 amide bonds. The highest BCUT2D eigenvalue weighted by Gasteiger charge is 2.33. The Labute approximate surface area is 184 Å². The van der Waals surface area contributed by atoms with Gasteiger partial charge in [0.05, 0.1) is 11.3 Å². The SMILES string of the molecule is C=CC(=O)C1CN(c2ncnc3[nH]cc(-c4ccc(C(=O)Nc5ccccn5)cc4)c23)C1. The second kappa shape index (κ2) is 8.07. The molecule has 0 radical (unpaired) electrons. The van der Waals surface area contributed by atoms with Crippen molar-refractivity contribution in [3.05, 3.63) is 79.4 Å². The first-order valence-corrected chi connectivity index (χ1v) is 10.2. The van der Waals surface area contributed by atoms with Gasteiger partial charge in [-0.05, 0) is 35.9 Å². The molecule has 2 N–H and O–H groups in total. The van der Waals surface area contributed by atoms with Gasteiger partial charge in [-0.1, -0.05) is 24.8 Å². The number of H-pyrrole nitrogens is 1. The first kappa shape index (κ1) is 19.6. The summed E-state index contributed by atoms with van der Waals surface area (Å²) in [5, 5.41) is 3.67. The average molecular weight is 424 g/mol. The van der Waals surface area contributed by atoms with Crippen LogP contribution in [0.25, 0.3) is 22.2 Å². The zero-order valence-corrected chi connectivity index (χ0v) is 17.2. The van der Waals surface area contributed by atoms with Crippen LogP contribution in [0.5, 0.6) is 0 Å². The monoisotopic (exact) mass is 424 g/mol. The van der Waals surface area contributed by atoms with Crippen LogP contribution in [0.2, 0.25) is 0 Å². The fourth-order valence-corrected chi connectivity index (χ4v) is 3.84. The van der Waals surface area contributed by atoms with Gasteiger partial charge in [-0.2, -0.15) is 0 Å². The molecule has 0 bridgehead atoms. The van der Waals surface area contributed by atoms with E-state index in [-0.39, 0.29) is 17.6 Å². The molecule has 8 nitrogen and oxygen atoms in total. The Bertz CT molecular complexity index is 1310. The molecular weight excluding hydrogens is 404 g/mol. The molecule has 1 fully saturated rings. The minimum absolute atomic E-state index is 0.0446. The summed E-state index contributed by atoms with van der Waals surface area (Å²) in [7, 11) is 0. The molecule has 32 heavy (non-hydrogen) atoms. The first-order chi connectivity index (χ1) is 15.6. The molecule has 0 unspecified atom stereocenters. The van der Waals surface area contributed by atoms with Crippen molar-refractivity contribution < 1.29 is 9.59 Å². The lowest BCUT2D eigenvalue weighted by Gasteiger charge is -2.39. The fourth-order valence-electron chi connectivity index (χ4n) is 3.84. The van der Waals surface area contributed by atoms with Gasteiger partial charge in [0.1, 0.15) is 23.6 Å². The summed E-state index contributed by atoms with van der Waals surface area (Å²) in [5.41, 5.74) is 3.12. The number of amides is 1. The minimum Gasteiger partial charge on any atom is -0.354 e. The van der Waals surface area contributed by atoms with E-state index in [1.165, 1.54) is 12.4 Å². The smallest absolute Gasteiger partial charge is 0.256 e. The topological polar surface area (TPSA) is 104 Å². The summed E-state index contributed by atoms with van der Waals surface area (Å²) in [6.45, 7) is 4.78. The van der Waals surface area contributed by atoms with Crippen molar-refractivity contribution in [2.45, 2.75) is 0 Å². The number of allylic oxidation sites excluding steroid dienone is 1. The van der Waals surface area contributed by atoms with E-state index in [1.54, 1.807) is 30.5 Å². The van der Waals surface area contributed by atoms with Gasteiger partial charge in [0.25, 0.3) is 5.91 Å². The highest BCUT2D eigenvalue weighted by Crippen LogP contribution is 2.36. The number of rotatable bonds is 6. The van der Waals surface area contributed by atoms with Crippen molar-refractivity contribution in [2.75, 3.05) is 23.3 Å². The van der Waals surface area contributed by atoms with Crippen molar-refractivity contribution in [3.63, 3.8) is 0 Å². The predicted octanol–water partition coefficient (Wildman–Crippen LogP) is 3.46. The second-order valence-electron chi connectivity index (χ2n) is 7.58. The number of pyridine rings is 1. The fraction of sp³-hybridized carbons (Fsp3) is 0.125. The number of nitrogens with zero attached hydrogens (tertiary/aromatic N) is 4. The molecule has 5 rings (SSSR count). The highest BCUT2D eigenvalue weighted by atomic mass is 16.1. The summed E-state index contributed by atoms with van der Waals surface area (Å²) in [5.74, 6) is 1.08. The van der Waals surface area contributed by atoms with E-state index in [0.29, 0.717) is 24.5 Å². The average Bonchev–Trinajstić information content (AvgIpc) is 3.24. The Morgan fingerprint density at radius 1 is 1.09 bits per heavy atom. The van der Waals surface area contributed by atoms with Crippen molar-refractivity contribution in [3.8, 4) is 11.1 Å². The molecule has 158 valence electrons. The number of benzene rings is 1. The minimum atomic E-state index is -0.225. The van der Waals surface area contributed by atoms with E-state index in [1.807, 2.05) is 24.4 Å². The van der Waals surface area contributed by atoms with Crippen molar-refractivity contribution >= 4 is 34.4 Å². The van der Waals surface area contributed by atoms with Crippen LogP contribution in [0.3, 0.4) is 0 Å². The van der Waals surface area contributed by atoms with E-state index >= 15 is 0 Å². The lowest BCUT2D eigenvalue weighted by molar-refractivity contribution is -0.118. The molecule has 0 saturated carbocycles. The number of nitrogens with one attached hydrogen (secondary N) is 2. The molecule has 0 spiro atoms. The van der Waals surface area contributed by atoms with E-state index in [0.717, 1.165) is 28.0 Å². The van der Waals surface area contributed by atoms with Gasteiger partial charge < -0.3 is 15.2 Å². The van der Waals surface area contributed by atoms with Gasteiger partial charge in [0, 0.05) is 36.6 Å². The molecule has 4 heterocycles. The number of anilines is 2. The summed E-state index contributed by atoms with van der Waals surface area (Å²) < 4.78 is 0. The molecule has 4 aromatic rings. The van der Waals surface area contributed by atoms with Crippen molar-refractivity contribution in [1.82, 2.24) is 19.9 Å². The maximum atomic E-state index is 12.5. The molecule has 0 atom stereocenters. The van der Waals surface area contributed by atoms with Crippen LogP contribution in [-0.2, 0) is 4.79 Å². The summed E-state index contributed by atoms with van der Waals surface area (Å²) >= 11 is 0. The summed E-state index contributed by atoms with van der Waals surface area (Å²) in [4.78, 5) is 42.6. The zero-order valence-electron chi connectivity index (χ0n) is 17.2. The Morgan fingerprint density at radius 2 is 1.91 bits per heavy atom. The van der Waals surface area contributed by atoms with Gasteiger partial charge in [-0.25, -0.2) is 15.0 Å². The number of carbonyl (C=O) groups excluding carboxylic acids is 2. The van der Waals surface area contributed by atoms with Gasteiger partial charge in [0.2, 0.25) is 0 Å². The molecule has 0 aliphatic carbocycles. The van der Waals surface area contributed by atoms with Gasteiger partial charge in [-0.3, -0.25) is 9.59 Å². The Balaban J connectivity index is 1.41. The number of carbonyl (C=O) groups is 2. The van der Waals surface area contributed by atoms with Crippen molar-refractivity contribution in [2.24, 2.45) is 5.92 Å². The van der Waals surface area contributed by atoms with Crippen molar-refractivity contribution in [1.29, 1.82) is 0 Å². The quantitative estimate of drug-likeness (QED) is 0.460. The van der Waals surface area contributed by atoms with Crippen LogP contribution < -0.4 is 10.2 Å². The molecule has 8 heteroatoms. The second-order valence-corrected chi connectivity index (χ2v) is 7.58. The largest absolute Gasteiger partial charge is 0.354 e. The van der Waals surface area contributed by atoms with Crippen LogP contribution in [0.15, 0.2) is 73.8 Å². The molecule has 1 aliphatic rings. The van der Waals surface area contributed by atoms with Crippen LogP contribution >= 0.6 is 0 Å². The Morgan fingerprint density at radius 3 is 2.62 bits per heavy atom. The highest BCUT2D eigenvalue weighted by molar-refractivity contribution is 6.05. The number of hydrogen-bond donors (Lipinski definition) is 2. The van der Waals surface area contributed by atoms with Gasteiger partial charge in [-0.15, -0.1) is 0 Å². The maximum absolute atomic E-state index is 12.5. The van der Waals surface area contributed by atoms with Crippen LogP contribution in [0, 0.1) is 5.92 Å².